The highest BCUT2D eigenvalue weighted by Crippen LogP contribution is 2.14. The molecular formula is C18H19N5O4. The van der Waals surface area contributed by atoms with Crippen molar-refractivity contribution in [1.29, 1.82) is 0 Å². The van der Waals surface area contributed by atoms with Gasteiger partial charge in [-0.3, -0.25) is 19.3 Å². The van der Waals surface area contributed by atoms with Crippen molar-refractivity contribution in [2.75, 3.05) is 18.4 Å². The molecule has 9 nitrogen and oxygen atoms in total. The van der Waals surface area contributed by atoms with Crippen LogP contribution in [0.25, 0.3) is 0 Å². The van der Waals surface area contributed by atoms with Crippen molar-refractivity contribution in [3.8, 4) is 0 Å². The maximum Gasteiger partial charge on any atom is 0.334 e. The van der Waals surface area contributed by atoms with Crippen molar-refractivity contribution < 1.29 is 19.2 Å². The minimum atomic E-state index is -0.985. The molecule has 0 unspecified atom stereocenters. The molecule has 140 valence electrons. The number of carbonyl (C=O) groups is 4. The van der Waals surface area contributed by atoms with Crippen molar-refractivity contribution in [2.24, 2.45) is 0 Å². The Morgan fingerprint density at radius 1 is 1.04 bits per heavy atom. The Labute approximate surface area is 155 Å². The molecule has 1 aliphatic heterocycles. The fraction of sp³-hybridized carbons (Fsp3) is 0.278. The van der Waals surface area contributed by atoms with Crippen LogP contribution >= 0.6 is 0 Å². The quantitative estimate of drug-likeness (QED) is 0.579. The third-order valence-corrected chi connectivity index (χ3v) is 4.13. The lowest BCUT2D eigenvalue weighted by molar-refractivity contribution is -0.143. The number of nitrogens with one attached hydrogen (secondary N) is 1. The number of anilines is 1. The van der Waals surface area contributed by atoms with Crippen LogP contribution in [0.4, 0.5) is 10.5 Å². The number of aromatic nitrogens is 2. The van der Waals surface area contributed by atoms with Gasteiger partial charge >= 0.3 is 17.8 Å². The fourth-order valence-corrected chi connectivity index (χ4v) is 2.70. The van der Waals surface area contributed by atoms with Crippen LogP contribution in [0, 0.1) is 6.92 Å². The summed E-state index contributed by atoms with van der Waals surface area (Å²) in [5.74, 6) is -2.44. The summed E-state index contributed by atoms with van der Waals surface area (Å²) >= 11 is 0. The van der Waals surface area contributed by atoms with Crippen LogP contribution in [0.15, 0.2) is 43.0 Å². The average molecular weight is 369 g/mol. The molecule has 0 bridgehead atoms. The van der Waals surface area contributed by atoms with Crippen LogP contribution < -0.4 is 5.32 Å². The van der Waals surface area contributed by atoms with Gasteiger partial charge in [0, 0.05) is 31.2 Å². The van der Waals surface area contributed by atoms with Gasteiger partial charge in [0.15, 0.2) is 0 Å². The highest BCUT2D eigenvalue weighted by Gasteiger charge is 2.44. The third-order valence-electron chi connectivity index (χ3n) is 4.13. The lowest BCUT2D eigenvalue weighted by atomic mass is 10.2. The van der Waals surface area contributed by atoms with Gasteiger partial charge in [-0.2, -0.15) is 0 Å². The Hall–Kier alpha value is -3.49. The Kier molecular flexibility index (Phi) is 5.30. The van der Waals surface area contributed by atoms with E-state index in [2.05, 4.69) is 10.3 Å². The summed E-state index contributed by atoms with van der Waals surface area (Å²) in [5.41, 5.74) is 1.59. The molecule has 1 fully saturated rings. The molecule has 1 N–H and O–H groups in total. The van der Waals surface area contributed by atoms with Crippen LogP contribution in [0.1, 0.15) is 12.0 Å². The maximum absolute atomic E-state index is 12.4. The zero-order valence-corrected chi connectivity index (χ0v) is 14.8. The summed E-state index contributed by atoms with van der Waals surface area (Å²) in [4.78, 5) is 54.1. The second-order valence-corrected chi connectivity index (χ2v) is 6.20. The Balaban J connectivity index is 1.56. The minimum Gasteiger partial charge on any atom is -0.337 e. The molecule has 0 aliphatic carbocycles. The zero-order valence-electron chi connectivity index (χ0n) is 14.8. The molecule has 1 aromatic carbocycles. The van der Waals surface area contributed by atoms with Gasteiger partial charge in [0.2, 0.25) is 5.91 Å². The average Bonchev–Trinajstić information content (AvgIpc) is 3.23. The lowest BCUT2D eigenvalue weighted by Gasteiger charge is -2.15. The van der Waals surface area contributed by atoms with Crippen LogP contribution in [-0.4, -0.2) is 56.2 Å². The molecular weight excluding hydrogens is 350 g/mol. The largest absolute Gasteiger partial charge is 0.337 e. The van der Waals surface area contributed by atoms with Crippen molar-refractivity contribution in [1.82, 2.24) is 19.4 Å². The topological polar surface area (TPSA) is 105 Å². The SMILES string of the molecule is Cc1ccc(NC(=O)CN2C(=O)C(=O)N(CCCn3ccnc3)C2=O)cc1. The molecule has 0 radical (unpaired) electrons. The van der Waals surface area contributed by atoms with E-state index < -0.39 is 30.3 Å². The molecule has 0 spiro atoms. The van der Waals surface area contributed by atoms with Gasteiger partial charge in [-0.25, -0.2) is 14.7 Å². The second kappa shape index (κ2) is 7.81. The van der Waals surface area contributed by atoms with Gasteiger partial charge in [0.05, 0.1) is 6.33 Å². The molecule has 27 heavy (non-hydrogen) atoms. The molecule has 5 amide bonds. The normalized spacial score (nSPS) is 14.2. The first-order valence-corrected chi connectivity index (χ1v) is 8.45. The highest BCUT2D eigenvalue weighted by molar-refractivity contribution is 6.45. The number of benzene rings is 1. The number of urea groups is 1. The van der Waals surface area contributed by atoms with E-state index in [0.717, 1.165) is 10.5 Å². The number of carbonyl (C=O) groups excluding carboxylic acids is 4. The molecule has 1 aliphatic rings. The highest BCUT2D eigenvalue weighted by atomic mass is 16.2. The van der Waals surface area contributed by atoms with Crippen molar-refractivity contribution >= 4 is 29.4 Å². The van der Waals surface area contributed by atoms with E-state index >= 15 is 0 Å². The molecule has 3 rings (SSSR count). The molecule has 0 saturated carbocycles. The second-order valence-electron chi connectivity index (χ2n) is 6.20. The number of aryl methyl sites for hydroxylation is 2. The predicted molar refractivity (Wildman–Crippen MR) is 95.5 cm³/mol. The van der Waals surface area contributed by atoms with Crippen molar-refractivity contribution in [3.05, 3.63) is 48.5 Å². The Morgan fingerprint density at radius 3 is 2.41 bits per heavy atom. The number of hydrogen-bond donors (Lipinski definition) is 1. The first-order valence-electron chi connectivity index (χ1n) is 8.45. The van der Waals surface area contributed by atoms with Crippen LogP contribution in [0.5, 0.6) is 0 Å². The number of nitrogens with zero attached hydrogens (tertiary/aromatic N) is 4. The van der Waals surface area contributed by atoms with E-state index in [1.54, 1.807) is 35.4 Å². The lowest BCUT2D eigenvalue weighted by Crippen LogP contribution is -2.39. The number of hydrogen-bond acceptors (Lipinski definition) is 5. The standard InChI is InChI=1S/C18H19N5O4/c1-13-3-5-14(6-4-13)20-15(24)11-23-17(26)16(25)22(18(23)27)9-2-8-21-10-7-19-12-21/h3-7,10,12H,2,8-9,11H2,1H3,(H,20,24). The van der Waals surface area contributed by atoms with Crippen LogP contribution in [0.2, 0.25) is 0 Å². The van der Waals surface area contributed by atoms with Crippen LogP contribution in [-0.2, 0) is 20.9 Å². The Bertz CT molecular complexity index is 860. The molecule has 2 aromatic rings. The predicted octanol–water partition coefficient (Wildman–Crippen LogP) is 1.01. The van der Waals surface area contributed by atoms with E-state index in [9.17, 15) is 19.2 Å². The minimum absolute atomic E-state index is 0.0949. The number of amides is 5. The molecule has 0 atom stereocenters. The molecule has 9 heteroatoms. The van der Waals surface area contributed by atoms with E-state index in [-0.39, 0.29) is 6.54 Å². The van der Waals surface area contributed by atoms with Gasteiger partial charge < -0.3 is 9.88 Å². The monoisotopic (exact) mass is 369 g/mol. The first-order chi connectivity index (χ1) is 13.0. The first kappa shape index (κ1) is 18.3. The summed E-state index contributed by atoms with van der Waals surface area (Å²) in [6.45, 7) is 2.06. The van der Waals surface area contributed by atoms with Crippen LogP contribution in [0.3, 0.4) is 0 Å². The van der Waals surface area contributed by atoms with Gasteiger partial charge in [0.1, 0.15) is 6.54 Å². The Morgan fingerprint density at radius 2 is 1.74 bits per heavy atom. The summed E-state index contributed by atoms with van der Waals surface area (Å²) in [7, 11) is 0. The smallest absolute Gasteiger partial charge is 0.334 e. The molecule has 1 aromatic heterocycles. The molecule has 1 saturated heterocycles. The number of imidazole rings is 1. The van der Waals surface area contributed by atoms with E-state index in [4.69, 9.17) is 0 Å². The van der Waals surface area contributed by atoms with Gasteiger partial charge in [-0.05, 0) is 25.5 Å². The van der Waals surface area contributed by atoms with Gasteiger partial charge in [0.25, 0.3) is 0 Å². The van der Waals surface area contributed by atoms with Crippen molar-refractivity contribution in [3.63, 3.8) is 0 Å². The summed E-state index contributed by atoms with van der Waals surface area (Å²) in [5, 5.41) is 2.60. The van der Waals surface area contributed by atoms with E-state index in [1.807, 2.05) is 19.1 Å². The van der Waals surface area contributed by atoms with Gasteiger partial charge in [-0.15, -0.1) is 0 Å². The number of rotatable bonds is 7. The summed E-state index contributed by atoms with van der Waals surface area (Å²) in [6, 6.07) is 6.32. The summed E-state index contributed by atoms with van der Waals surface area (Å²) < 4.78 is 1.81. The third kappa shape index (κ3) is 4.20. The maximum atomic E-state index is 12.4. The summed E-state index contributed by atoms with van der Waals surface area (Å²) in [6.07, 6.45) is 5.50. The molecule has 2 heterocycles. The van der Waals surface area contributed by atoms with Crippen molar-refractivity contribution in [2.45, 2.75) is 19.9 Å². The fourth-order valence-electron chi connectivity index (χ4n) is 2.70. The number of imide groups is 2. The van der Waals surface area contributed by atoms with Gasteiger partial charge in [-0.1, -0.05) is 17.7 Å². The van der Waals surface area contributed by atoms with E-state index in [0.29, 0.717) is 23.6 Å². The zero-order chi connectivity index (χ0) is 19.4. The van der Waals surface area contributed by atoms with E-state index in [1.165, 1.54) is 0 Å².